The Labute approximate surface area is 289 Å². The van der Waals surface area contributed by atoms with Crippen molar-refractivity contribution in [1.29, 1.82) is 0 Å². The zero-order valence-electron chi connectivity index (χ0n) is 28.3. The van der Waals surface area contributed by atoms with Crippen molar-refractivity contribution < 1.29 is 56.3 Å². The second-order valence-corrected chi connectivity index (χ2v) is 11.7. The molecule has 12 heteroatoms. The second kappa shape index (κ2) is 19.7. The van der Waals surface area contributed by atoms with E-state index in [0.29, 0.717) is 48.3 Å². The van der Waals surface area contributed by atoms with Crippen molar-refractivity contribution in [2.24, 2.45) is 5.92 Å². The van der Waals surface area contributed by atoms with Gasteiger partial charge in [-0.05, 0) is 84.2 Å². The molecule has 8 nitrogen and oxygen atoms in total. The molecule has 3 aromatic carbocycles. The number of halogens is 4. The summed E-state index contributed by atoms with van der Waals surface area (Å²) in [5, 5.41) is 18.2. The van der Waals surface area contributed by atoms with Crippen LogP contribution in [0.2, 0.25) is 0 Å². The molecule has 0 heterocycles. The topological polar surface area (TPSA) is 112 Å². The smallest absolute Gasteiger partial charge is 0.389 e. The number of aliphatic hydroxyl groups is 2. The van der Waals surface area contributed by atoms with Crippen LogP contribution in [-0.2, 0) is 31.9 Å². The Morgan fingerprint density at radius 1 is 0.800 bits per heavy atom. The van der Waals surface area contributed by atoms with Gasteiger partial charge >= 0.3 is 18.1 Å². The van der Waals surface area contributed by atoms with Gasteiger partial charge in [0, 0.05) is 12.5 Å². The molecular formula is C38H44F4O8. The average molecular weight is 705 g/mol. The molecule has 3 rings (SSSR count). The summed E-state index contributed by atoms with van der Waals surface area (Å²) in [5.74, 6) is -1.53. The number of rotatable bonds is 20. The molecule has 0 aromatic heterocycles. The van der Waals surface area contributed by atoms with Gasteiger partial charge in [0.15, 0.2) is 0 Å². The van der Waals surface area contributed by atoms with Crippen molar-refractivity contribution in [3.63, 3.8) is 0 Å². The lowest BCUT2D eigenvalue weighted by molar-refractivity contribution is -0.150. The molecule has 0 fully saturated rings. The predicted molar refractivity (Wildman–Crippen MR) is 180 cm³/mol. The summed E-state index contributed by atoms with van der Waals surface area (Å²) in [6.45, 7) is 5.98. The summed E-state index contributed by atoms with van der Waals surface area (Å²) < 4.78 is 74.2. The van der Waals surface area contributed by atoms with Gasteiger partial charge in [0.25, 0.3) is 0 Å². The maximum atomic E-state index is 15.1. The van der Waals surface area contributed by atoms with Crippen LogP contribution in [0.1, 0.15) is 50.7 Å². The lowest BCUT2D eigenvalue weighted by Crippen LogP contribution is -2.20. The van der Waals surface area contributed by atoms with E-state index in [-0.39, 0.29) is 45.0 Å². The Bertz CT molecular complexity index is 1590. The second-order valence-electron chi connectivity index (χ2n) is 11.7. The molecule has 0 saturated carbocycles. The molecule has 0 aliphatic carbocycles. The Kier molecular flexibility index (Phi) is 15.8. The molecule has 0 radical (unpaired) electrons. The summed E-state index contributed by atoms with van der Waals surface area (Å²) in [7, 11) is 0. The Balaban J connectivity index is 1.78. The van der Waals surface area contributed by atoms with Crippen LogP contribution in [0.5, 0.6) is 11.5 Å². The van der Waals surface area contributed by atoms with Gasteiger partial charge in [0.05, 0.1) is 24.7 Å². The third-order valence-corrected chi connectivity index (χ3v) is 7.81. The van der Waals surface area contributed by atoms with Gasteiger partial charge in [0.1, 0.15) is 43.7 Å². The fourth-order valence-electron chi connectivity index (χ4n) is 4.97. The van der Waals surface area contributed by atoms with Gasteiger partial charge in [0.2, 0.25) is 0 Å². The van der Waals surface area contributed by atoms with Crippen molar-refractivity contribution in [2.75, 3.05) is 39.6 Å². The number of esters is 2. The summed E-state index contributed by atoms with van der Waals surface area (Å²) in [6.07, 6.45) is -3.17. The van der Waals surface area contributed by atoms with Gasteiger partial charge in [-0.15, -0.1) is 0 Å². The summed E-state index contributed by atoms with van der Waals surface area (Å²) in [6, 6.07) is 15.9. The van der Waals surface area contributed by atoms with Crippen LogP contribution in [-0.4, -0.2) is 68.0 Å². The minimum absolute atomic E-state index is 0.00172. The van der Waals surface area contributed by atoms with Crippen LogP contribution < -0.4 is 9.47 Å². The van der Waals surface area contributed by atoms with E-state index in [1.807, 2.05) is 31.2 Å². The molecule has 0 spiro atoms. The van der Waals surface area contributed by atoms with Gasteiger partial charge in [-0.2, -0.15) is 13.2 Å². The van der Waals surface area contributed by atoms with Crippen LogP contribution in [0.4, 0.5) is 17.6 Å². The number of hydrogen-bond donors (Lipinski definition) is 2. The van der Waals surface area contributed by atoms with Gasteiger partial charge in [-0.1, -0.05) is 50.3 Å². The van der Waals surface area contributed by atoms with E-state index in [9.17, 15) is 22.8 Å². The molecule has 0 bridgehead atoms. The monoisotopic (exact) mass is 704 g/mol. The first kappa shape index (κ1) is 40.0. The highest BCUT2D eigenvalue weighted by Crippen LogP contribution is 2.34. The molecular weight excluding hydrogens is 660 g/mol. The normalized spacial score (nSPS) is 11.9. The Hall–Kier alpha value is -4.42. The van der Waals surface area contributed by atoms with Crippen LogP contribution in [0.3, 0.4) is 0 Å². The van der Waals surface area contributed by atoms with Gasteiger partial charge in [-0.3, -0.25) is 4.79 Å². The van der Waals surface area contributed by atoms with E-state index < -0.39 is 42.9 Å². The molecule has 50 heavy (non-hydrogen) atoms. The average Bonchev–Trinajstić information content (AvgIpc) is 3.10. The highest BCUT2D eigenvalue weighted by molar-refractivity contribution is 5.87. The first-order valence-corrected chi connectivity index (χ1v) is 16.5. The number of aliphatic hydroxyl groups excluding tert-OH is 2. The van der Waals surface area contributed by atoms with E-state index in [2.05, 4.69) is 6.58 Å². The molecule has 1 unspecified atom stereocenters. The molecule has 1 atom stereocenters. The maximum absolute atomic E-state index is 15.1. The van der Waals surface area contributed by atoms with Crippen molar-refractivity contribution in [3.05, 3.63) is 83.7 Å². The van der Waals surface area contributed by atoms with Crippen molar-refractivity contribution in [1.82, 2.24) is 0 Å². The van der Waals surface area contributed by atoms with Crippen LogP contribution in [0.15, 0.2) is 66.7 Å². The molecule has 0 aliphatic heterocycles. The standard InChI is InChI=1S/C38H44F4O8/c1-4-27-18-29(11-12-34(27)30-10-9-28(35(39)21-30)8-6-5-7-13-38(40,41)42)31-19-32(47-14-16-49-36(45)25(2)23-43)22-33(20-31)48-15-17-50-37(46)26(3)24-44/h9-12,18-22,26,43-44H,2,4-8,13-17,23-24H2,1,3H3. The van der Waals surface area contributed by atoms with E-state index in [0.717, 1.165) is 22.3 Å². The first-order valence-electron chi connectivity index (χ1n) is 16.5. The maximum Gasteiger partial charge on any atom is 0.389 e. The number of carbonyl (C=O) groups is 2. The fourth-order valence-corrected chi connectivity index (χ4v) is 4.97. The Morgan fingerprint density at radius 3 is 2.06 bits per heavy atom. The van der Waals surface area contributed by atoms with Crippen LogP contribution >= 0.6 is 0 Å². The van der Waals surface area contributed by atoms with Crippen molar-refractivity contribution >= 4 is 11.9 Å². The number of alkyl halides is 3. The van der Waals surface area contributed by atoms with Crippen molar-refractivity contribution in [3.8, 4) is 33.8 Å². The largest absolute Gasteiger partial charge is 0.490 e. The molecule has 2 N–H and O–H groups in total. The third-order valence-electron chi connectivity index (χ3n) is 7.81. The Morgan fingerprint density at radius 2 is 1.46 bits per heavy atom. The minimum Gasteiger partial charge on any atom is -0.490 e. The molecule has 0 aliphatic rings. The van der Waals surface area contributed by atoms with E-state index >= 15 is 4.39 Å². The number of ether oxygens (including phenoxy) is 4. The highest BCUT2D eigenvalue weighted by atomic mass is 19.4. The number of carbonyl (C=O) groups excluding carboxylic acids is 2. The molecule has 0 saturated heterocycles. The van der Waals surface area contributed by atoms with E-state index in [1.165, 1.54) is 6.07 Å². The SMILES string of the molecule is C=C(CO)C(=O)OCCOc1cc(OCCOC(=O)C(C)CO)cc(-c2ccc(-c3ccc(CCCCCC(F)(F)F)c(F)c3)c(CC)c2)c1. The van der Waals surface area contributed by atoms with Crippen molar-refractivity contribution in [2.45, 2.75) is 58.5 Å². The first-order chi connectivity index (χ1) is 23.8. The lowest BCUT2D eigenvalue weighted by Gasteiger charge is -2.15. The fraction of sp³-hybridized carbons (Fsp3) is 0.421. The number of unbranched alkanes of at least 4 members (excludes halogenated alkanes) is 2. The van der Waals surface area contributed by atoms with E-state index in [1.54, 1.807) is 31.2 Å². The number of hydrogen-bond acceptors (Lipinski definition) is 8. The summed E-state index contributed by atoms with van der Waals surface area (Å²) >= 11 is 0. The highest BCUT2D eigenvalue weighted by Gasteiger charge is 2.25. The van der Waals surface area contributed by atoms with Gasteiger partial charge in [-0.25, -0.2) is 9.18 Å². The minimum atomic E-state index is -4.18. The van der Waals surface area contributed by atoms with E-state index in [4.69, 9.17) is 29.2 Å². The van der Waals surface area contributed by atoms with Crippen LogP contribution in [0, 0.1) is 11.7 Å². The summed E-state index contributed by atoms with van der Waals surface area (Å²) in [5.41, 5.74) is 4.37. The molecule has 272 valence electrons. The predicted octanol–water partition coefficient (Wildman–Crippen LogP) is 7.41. The quantitative estimate of drug-likeness (QED) is 0.0542. The van der Waals surface area contributed by atoms with Crippen LogP contribution in [0.25, 0.3) is 22.3 Å². The number of aryl methyl sites for hydroxylation is 2. The lowest BCUT2D eigenvalue weighted by atomic mass is 9.92. The molecule has 0 amide bonds. The third kappa shape index (κ3) is 12.8. The van der Waals surface area contributed by atoms with Gasteiger partial charge < -0.3 is 29.2 Å². The molecule has 3 aromatic rings. The zero-order chi connectivity index (χ0) is 36.7. The summed E-state index contributed by atoms with van der Waals surface area (Å²) in [4.78, 5) is 23.7. The number of benzene rings is 3. The zero-order valence-corrected chi connectivity index (χ0v) is 28.3.